The van der Waals surface area contributed by atoms with Gasteiger partial charge in [-0.2, -0.15) is 0 Å². The normalized spacial score (nSPS) is 11.3. The van der Waals surface area contributed by atoms with Crippen LogP contribution in [-0.2, 0) is 6.54 Å². The van der Waals surface area contributed by atoms with Crippen LogP contribution in [0.5, 0.6) is 5.75 Å². The second kappa shape index (κ2) is 7.12. The number of halogens is 1. The number of hydrogen-bond acceptors (Lipinski definition) is 5. The number of fused-ring (bicyclic) bond motifs is 1. The van der Waals surface area contributed by atoms with E-state index in [-0.39, 0.29) is 5.56 Å². The van der Waals surface area contributed by atoms with E-state index in [0.29, 0.717) is 18.2 Å². The van der Waals surface area contributed by atoms with Crippen LogP contribution in [0.15, 0.2) is 46.7 Å². The van der Waals surface area contributed by atoms with E-state index in [1.165, 1.54) is 11.3 Å². The van der Waals surface area contributed by atoms with Crippen LogP contribution in [0.2, 0.25) is 5.02 Å². The number of ether oxygens (including phenoxy) is 1. The fourth-order valence-corrected chi connectivity index (χ4v) is 3.04. The lowest BCUT2D eigenvalue weighted by Gasteiger charge is -2.16. The Kier molecular flexibility index (Phi) is 4.95. The standard InChI is InChI=1S/C16H16ClN3O2S/c1-19(6-8-22-14-4-2-12(17)3-5-14)11-13-10-15(21)20-7-9-23-16(20)18-13/h2-5,7,9-10H,6,8,11H2,1H3. The van der Waals surface area contributed by atoms with E-state index in [2.05, 4.69) is 9.88 Å². The van der Waals surface area contributed by atoms with Gasteiger partial charge in [-0.25, -0.2) is 4.98 Å². The number of nitrogens with zero attached hydrogens (tertiary/aromatic N) is 3. The molecule has 0 fully saturated rings. The van der Waals surface area contributed by atoms with E-state index in [9.17, 15) is 4.79 Å². The van der Waals surface area contributed by atoms with Crippen LogP contribution in [0.25, 0.3) is 4.96 Å². The Labute approximate surface area is 142 Å². The molecule has 23 heavy (non-hydrogen) atoms. The SMILES string of the molecule is CN(CCOc1ccc(Cl)cc1)Cc1cc(=O)n2ccsc2n1. The fraction of sp³-hybridized carbons (Fsp3) is 0.250. The third-order valence-corrected chi connectivity index (χ3v) is 4.35. The number of benzene rings is 1. The monoisotopic (exact) mass is 349 g/mol. The minimum absolute atomic E-state index is 0.0444. The highest BCUT2D eigenvalue weighted by Gasteiger charge is 2.06. The lowest BCUT2D eigenvalue weighted by Crippen LogP contribution is -2.25. The van der Waals surface area contributed by atoms with Crippen molar-refractivity contribution < 1.29 is 4.74 Å². The van der Waals surface area contributed by atoms with E-state index in [0.717, 1.165) is 22.9 Å². The van der Waals surface area contributed by atoms with Crippen molar-refractivity contribution in [3.63, 3.8) is 0 Å². The van der Waals surface area contributed by atoms with Gasteiger partial charge in [-0.15, -0.1) is 11.3 Å². The van der Waals surface area contributed by atoms with Crippen LogP contribution in [-0.4, -0.2) is 34.5 Å². The molecule has 7 heteroatoms. The van der Waals surface area contributed by atoms with Gasteiger partial charge in [0.05, 0.1) is 5.69 Å². The summed E-state index contributed by atoms with van der Waals surface area (Å²) < 4.78 is 7.22. The fourth-order valence-electron chi connectivity index (χ4n) is 2.17. The molecule has 3 rings (SSSR count). The Balaban J connectivity index is 1.54. The number of likely N-dealkylation sites (N-methyl/N-ethyl adjacent to an activating group) is 1. The van der Waals surface area contributed by atoms with Gasteiger partial charge in [-0.3, -0.25) is 14.1 Å². The molecule has 0 saturated heterocycles. The molecule has 120 valence electrons. The Morgan fingerprint density at radius 2 is 2.13 bits per heavy atom. The van der Waals surface area contributed by atoms with Gasteiger partial charge < -0.3 is 4.74 Å². The zero-order valence-electron chi connectivity index (χ0n) is 12.6. The van der Waals surface area contributed by atoms with Gasteiger partial charge in [0.1, 0.15) is 12.4 Å². The quantitative estimate of drug-likeness (QED) is 0.686. The summed E-state index contributed by atoms with van der Waals surface area (Å²) in [5, 5.41) is 2.55. The lowest BCUT2D eigenvalue weighted by atomic mass is 10.3. The number of aromatic nitrogens is 2. The van der Waals surface area contributed by atoms with Crippen molar-refractivity contribution in [2.75, 3.05) is 20.2 Å². The molecular formula is C16H16ClN3O2S. The highest BCUT2D eigenvalue weighted by Crippen LogP contribution is 2.15. The molecule has 0 saturated carbocycles. The summed E-state index contributed by atoms with van der Waals surface area (Å²) in [6.45, 7) is 1.89. The van der Waals surface area contributed by atoms with E-state index in [1.54, 1.807) is 28.8 Å². The Morgan fingerprint density at radius 1 is 1.35 bits per heavy atom. The van der Waals surface area contributed by atoms with Crippen molar-refractivity contribution in [1.29, 1.82) is 0 Å². The first kappa shape index (κ1) is 16.0. The molecule has 0 atom stereocenters. The lowest BCUT2D eigenvalue weighted by molar-refractivity contribution is 0.231. The van der Waals surface area contributed by atoms with Gasteiger partial charge in [-0.05, 0) is 31.3 Å². The van der Waals surface area contributed by atoms with Crippen LogP contribution in [0.1, 0.15) is 5.69 Å². The van der Waals surface area contributed by atoms with E-state index < -0.39 is 0 Å². The highest BCUT2D eigenvalue weighted by molar-refractivity contribution is 7.15. The molecule has 5 nitrogen and oxygen atoms in total. The third-order valence-electron chi connectivity index (χ3n) is 3.34. The number of thiazole rings is 1. The van der Waals surface area contributed by atoms with Crippen molar-refractivity contribution in [1.82, 2.24) is 14.3 Å². The van der Waals surface area contributed by atoms with Gasteiger partial charge in [0.15, 0.2) is 4.96 Å². The highest BCUT2D eigenvalue weighted by atomic mass is 35.5. The maximum atomic E-state index is 11.9. The van der Waals surface area contributed by atoms with Crippen LogP contribution in [0, 0.1) is 0 Å². The van der Waals surface area contributed by atoms with Gasteiger partial charge in [0, 0.05) is 35.8 Å². The van der Waals surface area contributed by atoms with Gasteiger partial charge in [0.2, 0.25) is 0 Å². The number of hydrogen-bond donors (Lipinski definition) is 0. The van der Waals surface area contributed by atoms with Gasteiger partial charge >= 0.3 is 0 Å². The topological polar surface area (TPSA) is 46.8 Å². The smallest absolute Gasteiger partial charge is 0.258 e. The molecular weight excluding hydrogens is 334 g/mol. The summed E-state index contributed by atoms with van der Waals surface area (Å²) in [5.74, 6) is 0.791. The first-order chi connectivity index (χ1) is 11.1. The van der Waals surface area contributed by atoms with Gasteiger partial charge in [-0.1, -0.05) is 11.6 Å². The number of rotatable bonds is 6. The first-order valence-electron chi connectivity index (χ1n) is 7.14. The molecule has 0 bridgehead atoms. The second-order valence-corrected chi connectivity index (χ2v) is 6.49. The van der Waals surface area contributed by atoms with E-state index in [1.807, 2.05) is 24.6 Å². The van der Waals surface area contributed by atoms with Crippen LogP contribution in [0.3, 0.4) is 0 Å². The summed E-state index contributed by atoms with van der Waals surface area (Å²) in [5.41, 5.74) is 0.725. The summed E-state index contributed by atoms with van der Waals surface area (Å²) in [7, 11) is 1.98. The first-order valence-corrected chi connectivity index (χ1v) is 8.40. The third kappa shape index (κ3) is 4.10. The molecule has 0 radical (unpaired) electrons. The molecule has 3 aromatic rings. The summed E-state index contributed by atoms with van der Waals surface area (Å²) in [4.78, 5) is 19.2. The molecule has 0 spiro atoms. The predicted octanol–water partition coefficient (Wildman–Crippen LogP) is 2.92. The Hall–Kier alpha value is -1.89. The minimum atomic E-state index is -0.0444. The van der Waals surface area contributed by atoms with Crippen molar-refractivity contribution in [2.24, 2.45) is 0 Å². The summed E-state index contributed by atoms with van der Waals surface area (Å²) in [6.07, 6.45) is 1.74. The van der Waals surface area contributed by atoms with Crippen LogP contribution >= 0.6 is 22.9 Å². The zero-order chi connectivity index (χ0) is 16.2. The largest absolute Gasteiger partial charge is 0.492 e. The zero-order valence-corrected chi connectivity index (χ0v) is 14.2. The molecule has 0 aliphatic carbocycles. The Morgan fingerprint density at radius 3 is 2.91 bits per heavy atom. The van der Waals surface area contributed by atoms with Crippen molar-refractivity contribution in [2.45, 2.75) is 6.54 Å². The van der Waals surface area contributed by atoms with Crippen LogP contribution < -0.4 is 10.3 Å². The molecule has 2 heterocycles. The molecule has 1 aromatic carbocycles. The van der Waals surface area contributed by atoms with Crippen molar-refractivity contribution >= 4 is 27.9 Å². The molecule has 0 aliphatic rings. The maximum absolute atomic E-state index is 11.9. The maximum Gasteiger partial charge on any atom is 0.258 e. The van der Waals surface area contributed by atoms with E-state index in [4.69, 9.17) is 16.3 Å². The molecule has 0 unspecified atom stereocenters. The molecule has 0 amide bonds. The Bertz CT molecular complexity index is 844. The van der Waals surface area contributed by atoms with Crippen molar-refractivity contribution in [3.05, 3.63) is 63.0 Å². The minimum Gasteiger partial charge on any atom is -0.492 e. The second-order valence-electron chi connectivity index (χ2n) is 5.18. The molecule has 0 aliphatic heterocycles. The summed E-state index contributed by atoms with van der Waals surface area (Å²) in [6, 6.07) is 8.86. The van der Waals surface area contributed by atoms with Crippen molar-refractivity contribution in [3.8, 4) is 5.75 Å². The van der Waals surface area contributed by atoms with E-state index >= 15 is 0 Å². The average molecular weight is 350 g/mol. The molecule has 2 aromatic heterocycles. The summed E-state index contributed by atoms with van der Waals surface area (Å²) >= 11 is 7.29. The average Bonchev–Trinajstić information content (AvgIpc) is 2.98. The molecule has 0 N–H and O–H groups in total. The van der Waals surface area contributed by atoms with Crippen LogP contribution in [0.4, 0.5) is 0 Å². The van der Waals surface area contributed by atoms with Gasteiger partial charge in [0.25, 0.3) is 5.56 Å². The predicted molar refractivity (Wildman–Crippen MR) is 92.6 cm³/mol.